The monoisotopic (exact) mass is 596 g/mol. The molecule has 2 heterocycles. The molecule has 2 aromatic heterocycles. The number of aromatic nitrogens is 2. The van der Waals surface area contributed by atoms with Crippen molar-refractivity contribution in [3.05, 3.63) is 124 Å². The third kappa shape index (κ3) is 5.32. The van der Waals surface area contributed by atoms with Gasteiger partial charge in [-0.2, -0.15) is 0 Å². The summed E-state index contributed by atoms with van der Waals surface area (Å²) >= 11 is 6.85. The van der Waals surface area contributed by atoms with Crippen molar-refractivity contribution in [3.63, 3.8) is 0 Å². The van der Waals surface area contributed by atoms with Gasteiger partial charge in [-0.25, -0.2) is 0 Å². The molecule has 176 valence electrons. The predicted molar refractivity (Wildman–Crippen MR) is 156 cm³/mol. The number of hydrogen-bond acceptors (Lipinski definition) is 3. The van der Waals surface area contributed by atoms with Gasteiger partial charge < -0.3 is 4.74 Å². The lowest BCUT2D eigenvalue weighted by molar-refractivity contribution is 0.414. The number of hydrogen-bond donors (Lipinski definition) is 0. The lowest BCUT2D eigenvalue weighted by atomic mass is 9.97. The molecule has 0 aliphatic heterocycles. The summed E-state index contributed by atoms with van der Waals surface area (Å²) in [5.41, 5.74) is 6.77. The number of ether oxygens (including phenoxy) is 1. The summed E-state index contributed by atoms with van der Waals surface area (Å²) in [6.07, 6.45) is 3.55. The van der Waals surface area contributed by atoms with E-state index in [1.54, 1.807) is 19.5 Å². The van der Waals surface area contributed by atoms with Crippen LogP contribution in [0.4, 0.5) is 0 Å². The number of methoxy groups -OCH3 is 1. The minimum Gasteiger partial charge on any atom is -0.495 e. The maximum Gasteiger partial charge on any atom is 0.137 e. The highest BCUT2D eigenvalue weighted by Crippen LogP contribution is 2.31. The van der Waals surface area contributed by atoms with Crippen LogP contribution in [0.3, 0.4) is 0 Å². The standard InChI is InChI=1S/C22H17NO.C9H5Br2N/c1-24-19-14-21-20(8-5-9-22(21)23-15-19)18-12-10-17(11-13-18)16-6-3-2-4-7-16;10-6-4-7-8(11)2-1-3-9(7)12-5-6/h2-15H,1H3;1-5H. The first-order valence-corrected chi connectivity index (χ1v) is 13.0. The van der Waals surface area contributed by atoms with E-state index in [-0.39, 0.29) is 0 Å². The lowest BCUT2D eigenvalue weighted by Crippen LogP contribution is -1.88. The zero-order chi connectivity index (χ0) is 24.9. The molecule has 0 N–H and O–H groups in total. The number of fused-ring (bicyclic) bond motifs is 2. The summed E-state index contributed by atoms with van der Waals surface area (Å²) in [6.45, 7) is 0. The van der Waals surface area contributed by atoms with Gasteiger partial charge in [0.05, 0.1) is 24.3 Å². The first kappa shape index (κ1) is 24.2. The van der Waals surface area contributed by atoms with Crippen LogP contribution >= 0.6 is 31.9 Å². The molecule has 0 radical (unpaired) electrons. The molecule has 4 aromatic carbocycles. The van der Waals surface area contributed by atoms with Gasteiger partial charge in [-0.1, -0.05) is 88.7 Å². The second kappa shape index (κ2) is 11.0. The molecule has 0 saturated carbocycles. The molecule has 36 heavy (non-hydrogen) atoms. The van der Waals surface area contributed by atoms with Crippen LogP contribution < -0.4 is 4.74 Å². The summed E-state index contributed by atoms with van der Waals surface area (Å²) in [4.78, 5) is 8.74. The minimum atomic E-state index is 0.774. The number of pyridine rings is 2. The first-order chi connectivity index (χ1) is 17.6. The van der Waals surface area contributed by atoms with Gasteiger partial charge in [-0.05, 0) is 68.5 Å². The van der Waals surface area contributed by atoms with Gasteiger partial charge in [-0.15, -0.1) is 0 Å². The molecule has 6 aromatic rings. The van der Waals surface area contributed by atoms with Crippen molar-refractivity contribution >= 4 is 53.7 Å². The van der Waals surface area contributed by atoms with Crippen LogP contribution in [0.25, 0.3) is 44.1 Å². The molecule has 0 aliphatic carbocycles. The van der Waals surface area contributed by atoms with Gasteiger partial charge in [0.25, 0.3) is 0 Å². The molecule has 6 rings (SSSR count). The smallest absolute Gasteiger partial charge is 0.137 e. The van der Waals surface area contributed by atoms with Crippen LogP contribution in [0.5, 0.6) is 5.75 Å². The Balaban J connectivity index is 0.000000186. The fourth-order valence-corrected chi connectivity index (χ4v) is 4.86. The molecule has 0 spiro atoms. The topological polar surface area (TPSA) is 35.0 Å². The molecule has 5 heteroatoms. The van der Waals surface area contributed by atoms with Crippen molar-refractivity contribution in [2.75, 3.05) is 7.11 Å². The van der Waals surface area contributed by atoms with E-state index in [2.05, 4.69) is 96.4 Å². The number of nitrogens with zero attached hydrogens (tertiary/aromatic N) is 2. The van der Waals surface area contributed by atoms with E-state index in [0.717, 1.165) is 36.5 Å². The Hall–Kier alpha value is -3.54. The maximum atomic E-state index is 5.33. The Morgan fingerprint density at radius 2 is 1.22 bits per heavy atom. The predicted octanol–water partition coefficient (Wildman–Crippen LogP) is 9.34. The number of rotatable bonds is 3. The summed E-state index contributed by atoms with van der Waals surface area (Å²) in [5.74, 6) is 0.774. The first-order valence-electron chi connectivity index (χ1n) is 11.4. The summed E-state index contributed by atoms with van der Waals surface area (Å²) in [7, 11) is 1.67. The van der Waals surface area contributed by atoms with E-state index in [0.29, 0.717) is 0 Å². The third-order valence-corrected chi connectivity index (χ3v) is 7.00. The van der Waals surface area contributed by atoms with E-state index >= 15 is 0 Å². The van der Waals surface area contributed by atoms with Gasteiger partial charge >= 0.3 is 0 Å². The van der Waals surface area contributed by atoms with Crippen molar-refractivity contribution in [2.45, 2.75) is 0 Å². The quantitative estimate of drug-likeness (QED) is 0.204. The van der Waals surface area contributed by atoms with Crippen molar-refractivity contribution in [1.82, 2.24) is 9.97 Å². The van der Waals surface area contributed by atoms with Crippen LogP contribution in [0, 0.1) is 0 Å². The molecular formula is C31H22Br2N2O. The molecular weight excluding hydrogens is 576 g/mol. The Labute approximate surface area is 227 Å². The average Bonchev–Trinajstić information content (AvgIpc) is 2.94. The normalized spacial score (nSPS) is 10.6. The highest BCUT2D eigenvalue weighted by molar-refractivity contribution is 9.11. The second-order valence-electron chi connectivity index (χ2n) is 8.15. The molecule has 0 fully saturated rings. The van der Waals surface area contributed by atoms with Gasteiger partial charge in [0.15, 0.2) is 0 Å². The highest BCUT2D eigenvalue weighted by Gasteiger charge is 2.07. The molecule has 0 atom stereocenters. The zero-order valence-electron chi connectivity index (χ0n) is 19.5. The highest BCUT2D eigenvalue weighted by atomic mass is 79.9. The van der Waals surface area contributed by atoms with E-state index in [9.17, 15) is 0 Å². The van der Waals surface area contributed by atoms with Crippen LogP contribution in [0.1, 0.15) is 0 Å². The molecule has 0 saturated heterocycles. The lowest BCUT2D eigenvalue weighted by Gasteiger charge is -2.09. The Bertz CT molecular complexity index is 1630. The average molecular weight is 598 g/mol. The maximum absolute atomic E-state index is 5.33. The molecule has 0 aliphatic rings. The van der Waals surface area contributed by atoms with E-state index in [1.165, 1.54) is 22.3 Å². The molecule has 0 bridgehead atoms. The van der Waals surface area contributed by atoms with Gasteiger partial charge in [0.2, 0.25) is 0 Å². The van der Waals surface area contributed by atoms with Gasteiger partial charge in [0, 0.05) is 25.9 Å². The SMILES string of the molecule is Brc1cnc2cccc(Br)c2c1.COc1cnc2cccc(-c3ccc(-c4ccccc4)cc3)c2c1. The van der Waals surface area contributed by atoms with Crippen molar-refractivity contribution in [1.29, 1.82) is 0 Å². The van der Waals surface area contributed by atoms with E-state index in [1.807, 2.05) is 48.5 Å². The minimum absolute atomic E-state index is 0.774. The van der Waals surface area contributed by atoms with Crippen LogP contribution in [-0.4, -0.2) is 17.1 Å². The van der Waals surface area contributed by atoms with Gasteiger partial charge in [0.1, 0.15) is 5.75 Å². The molecule has 3 nitrogen and oxygen atoms in total. The Kier molecular flexibility index (Phi) is 7.40. The van der Waals surface area contributed by atoms with Crippen molar-refractivity contribution < 1.29 is 4.74 Å². The fraction of sp³-hybridized carbons (Fsp3) is 0.0323. The van der Waals surface area contributed by atoms with Crippen LogP contribution in [0.2, 0.25) is 0 Å². The Morgan fingerprint density at radius 1 is 0.583 bits per heavy atom. The summed E-state index contributed by atoms with van der Waals surface area (Å²) in [6, 6.07) is 35.3. The van der Waals surface area contributed by atoms with Crippen LogP contribution in [-0.2, 0) is 0 Å². The van der Waals surface area contributed by atoms with Crippen LogP contribution in [0.15, 0.2) is 124 Å². The summed E-state index contributed by atoms with van der Waals surface area (Å²) in [5, 5.41) is 2.23. The van der Waals surface area contributed by atoms with Gasteiger partial charge in [-0.3, -0.25) is 9.97 Å². The zero-order valence-corrected chi connectivity index (χ0v) is 22.7. The molecule has 0 unspecified atom stereocenters. The Morgan fingerprint density at radius 3 is 1.97 bits per heavy atom. The largest absolute Gasteiger partial charge is 0.495 e. The fourth-order valence-electron chi connectivity index (χ4n) is 4.05. The number of halogens is 2. The molecule has 0 amide bonds. The third-order valence-electron chi connectivity index (χ3n) is 5.88. The van der Waals surface area contributed by atoms with Crippen molar-refractivity contribution in [3.8, 4) is 28.0 Å². The summed E-state index contributed by atoms with van der Waals surface area (Å²) < 4.78 is 7.41. The second-order valence-corrected chi connectivity index (χ2v) is 9.92. The van der Waals surface area contributed by atoms with Crippen molar-refractivity contribution in [2.24, 2.45) is 0 Å². The van der Waals surface area contributed by atoms with E-state index in [4.69, 9.17) is 4.74 Å². The number of benzene rings is 4. The van der Waals surface area contributed by atoms with E-state index < -0.39 is 0 Å².